The number of carbonyl (C=O) groups excluding carboxylic acids is 2. The zero-order valence-corrected chi connectivity index (χ0v) is 12.4. The maximum Gasteiger partial charge on any atom is 0.288 e. The number of anilines is 2. The van der Waals surface area contributed by atoms with E-state index in [1.165, 1.54) is 0 Å². The van der Waals surface area contributed by atoms with E-state index in [0.717, 1.165) is 16.7 Å². The van der Waals surface area contributed by atoms with E-state index in [1.807, 2.05) is 30.3 Å². The van der Waals surface area contributed by atoms with Crippen molar-refractivity contribution in [3.8, 4) is 0 Å². The molecule has 2 amide bonds. The number of carbonyl (C=O) groups is 2. The Balaban J connectivity index is 1.97. The third-order valence-corrected chi connectivity index (χ3v) is 3.46. The van der Waals surface area contributed by atoms with Crippen molar-refractivity contribution in [3.05, 3.63) is 54.6 Å². The molecule has 0 aliphatic rings. The van der Waals surface area contributed by atoms with E-state index >= 15 is 0 Å². The van der Waals surface area contributed by atoms with Crippen LogP contribution in [0.3, 0.4) is 0 Å². The molecule has 0 aliphatic heterocycles. The highest BCUT2D eigenvalue weighted by Gasteiger charge is 2.06. The van der Waals surface area contributed by atoms with Gasteiger partial charge in [-0.3, -0.25) is 9.59 Å². The van der Waals surface area contributed by atoms with Gasteiger partial charge in [0.25, 0.3) is 5.24 Å². The third-order valence-electron chi connectivity index (χ3n) is 2.67. The highest BCUT2D eigenvalue weighted by Crippen LogP contribution is 2.22. The molecule has 2 N–H and O–H groups in total. The van der Waals surface area contributed by atoms with Crippen molar-refractivity contribution in [2.75, 3.05) is 10.6 Å². The number of rotatable bonds is 4. The van der Waals surface area contributed by atoms with Gasteiger partial charge in [0.1, 0.15) is 0 Å². The molecule has 2 aromatic carbocycles. The minimum atomic E-state index is -0.167. The molecular formula is C16H16N2O2S. The molecule has 0 radical (unpaired) electrons. The molecule has 21 heavy (non-hydrogen) atoms. The van der Waals surface area contributed by atoms with Crippen molar-refractivity contribution in [1.82, 2.24) is 0 Å². The number of benzene rings is 2. The average Bonchev–Trinajstić information content (AvgIpc) is 2.48. The van der Waals surface area contributed by atoms with Crippen molar-refractivity contribution in [3.63, 3.8) is 0 Å². The fourth-order valence-electron chi connectivity index (χ4n) is 1.66. The largest absolute Gasteiger partial charge is 0.326 e. The average molecular weight is 300 g/mol. The normalized spacial score (nSPS) is 9.95. The Kier molecular flexibility index (Phi) is 5.40. The van der Waals surface area contributed by atoms with Gasteiger partial charge in [0.2, 0.25) is 5.91 Å². The van der Waals surface area contributed by atoms with Crippen LogP contribution in [0.1, 0.15) is 13.3 Å². The van der Waals surface area contributed by atoms with Crippen molar-refractivity contribution in [2.45, 2.75) is 18.2 Å². The first-order valence-electron chi connectivity index (χ1n) is 6.61. The van der Waals surface area contributed by atoms with Crippen LogP contribution in [0.5, 0.6) is 0 Å². The van der Waals surface area contributed by atoms with Gasteiger partial charge in [-0.1, -0.05) is 31.2 Å². The summed E-state index contributed by atoms with van der Waals surface area (Å²) in [5, 5.41) is 5.39. The number of hydrogen-bond acceptors (Lipinski definition) is 3. The lowest BCUT2D eigenvalue weighted by molar-refractivity contribution is -0.115. The molecule has 2 aromatic rings. The smallest absolute Gasteiger partial charge is 0.288 e. The van der Waals surface area contributed by atoms with Crippen LogP contribution in [-0.4, -0.2) is 11.1 Å². The first-order chi connectivity index (χ1) is 10.2. The van der Waals surface area contributed by atoms with Gasteiger partial charge in [0.15, 0.2) is 0 Å². The molecule has 4 nitrogen and oxygen atoms in total. The van der Waals surface area contributed by atoms with E-state index in [-0.39, 0.29) is 11.1 Å². The summed E-state index contributed by atoms with van der Waals surface area (Å²) in [7, 11) is 0. The van der Waals surface area contributed by atoms with Crippen molar-refractivity contribution < 1.29 is 9.59 Å². The predicted octanol–water partition coefficient (Wildman–Crippen LogP) is 4.36. The Morgan fingerprint density at radius 3 is 2.29 bits per heavy atom. The van der Waals surface area contributed by atoms with Crippen molar-refractivity contribution >= 4 is 34.3 Å². The van der Waals surface area contributed by atoms with Crippen LogP contribution >= 0.6 is 11.8 Å². The number of thioether (sulfide) groups is 1. The molecule has 0 aromatic heterocycles. The van der Waals surface area contributed by atoms with Crippen LogP contribution in [0, 0.1) is 0 Å². The molecule has 5 heteroatoms. The Morgan fingerprint density at radius 2 is 1.62 bits per heavy atom. The van der Waals surface area contributed by atoms with E-state index < -0.39 is 0 Å². The summed E-state index contributed by atoms with van der Waals surface area (Å²) < 4.78 is 0. The zero-order chi connectivity index (χ0) is 15.1. The quantitative estimate of drug-likeness (QED) is 0.825. The highest BCUT2D eigenvalue weighted by molar-refractivity contribution is 8.13. The monoisotopic (exact) mass is 300 g/mol. The number of amides is 2. The molecule has 0 atom stereocenters. The lowest BCUT2D eigenvalue weighted by atomic mass is 10.2. The van der Waals surface area contributed by atoms with Gasteiger partial charge in [-0.05, 0) is 42.1 Å². The Labute approximate surface area is 127 Å². The molecule has 0 saturated heterocycles. The van der Waals surface area contributed by atoms with Crippen LogP contribution in [0.15, 0.2) is 59.5 Å². The van der Waals surface area contributed by atoms with Crippen LogP contribution in [0.2, 0.25) is 0 Å². The fraction of sp³-hybridized carbons (Fsp3) is 0.125. The summed E-state index contributed by atoms with van der Waals surface area (Å²) in [4.78, 5) is 24.2. The third kappa shape index (κ3) is 4.96. The molecule has 0 saturated carbocycles. The molecule has 0 spiro atoms. The number of hydrogen-bond donors (Lipinski definition) is 2. The maximum absolute atomic E-state index is 11.9. The minimum absolute atomic E-state index is 0.0582. The van der Waals surface area contributed by atoms with Crippen molar-refractivity contribution in [2.24, 2.45) is 0 Å². The summed E-state index contributed by atoms with van der Waals surface area (Å²) in [6.07, 6.45) is 0.417. The Bertz CT molecular complexity index is 629. The topological polar surface area (TPSA) is 58.2 Å². The first-order valence-corrected chi connectivity index (χ1v) is 7.43. The Morgan fingerprint density at radius 1 is 0.952 bits per heavy atom. The molecule has 108 valence electrons. The van der Waals surface area contributed by atoms with Gasteiger partial charge in [-0.2, -0.15) is 0 Å². The molecular weight excluding hydrogens is 284 g/mol. The molecule has 0 aliphatic carbocycles. The lowest BCUT2D eigenvalue weighted by Crippen LogP contribution is -2.10. The SMILES string of the molecule is CCC(=O)Nc1cccc(NC(=O)Sc2ccccc2)c1. The van der Waals surface area contributed by atoms with Gasteiger partial charge in [-0.25, -0.2) is 0 Å². The molecule has 2 rings (SSSR count). The van der Waals surface area contributed by atoms with Crippen molar-refractivity contribution in [1.29, 1.82) is 0 Å². The van der Waals surface area contributed by atoms with Gasteiger partial charge in [0.05, 0.1) is 0 Å². The molecule has 0 fully saturated rings. The van der Waals surface area contributed by atoms with E-state index in [4.69, 9.17) is 0 Å². The first kappa shape index (κ1) is 15.1. The summed E-state index contributed by atoms with van der Waals surface area (Å²) in [6.45, 7) is 1.79. The predicted molar refractivity (Wildman–Crippen MR) is 86.7 cm³/mol. The summed E-state index contributed by atoms with van der Waals surface area (Å²) >= 11 is 1.13. The lowest BCUT2D eigenvalue weighted by Gasteiger charge is -2.08. The van der Waals surface area contributed by atoms with Crippen LogP contribution in [-0.2, 0) is 4.79 Å². The summed E-state index contributed by atoms with van der Waals surface area (Å²) in [5.74, 6) is -0.0582. The second-order valence-electron chi connectivity index (χ2n) is 4.31. The second kappa shape index (κ2) is 7.50. The maximum atomic E-state index is 11.9. The van der Waals surface area contributed by atoms with Crippen LogP contribution < -0.4 is 10.6 Å². The van der Waals surface area contributed by atoms with E-state index in [9.17, 15) is 9.59 Å². The Hall–Kier alpha value is -2.27. The van der Waals surface area contributed by atoms with E-state index in [2.05, 4.69) is 10.6 Å². The van der Waals surface area contributed by atoms with Gasteiger partial charge < -0.3 is 10.6 Å². The second-order valence-corrected chi connectivity index (χ2v) is 5.36. The van der Waals surface area contributed by atoms with Crippen LogP contribution in [0.4, 0.5) is 16.2 Å². The summed E-state index contributed by atoms with van der Waals surface area (Å²) in [6, 6.07) is 16.5. The zero-order valence-electron chi connectivity index (χ0n) is 11.6. The minimum Gasteiger partial charge on any atom is -0.326 e. The summed E-state index contributed by atoms with van der Waals surface area (Å²) in [5.41, 5.74) is 1.32. The molecule has 0 unspecified atom stereocenters. The number of nitrogens with one attached hydrogen (secondary N) is 2. The van der Waals surface area contributed by atoms with Gasteiger partial charge in [0, 0.05) is 22.7 Å². The fourth-order valence-corrected chi connectivity index (χ4v) is 2.34. The highest BCUT2D eigenvalue weighted by atomic mass is 32.2. The standard InChI is InChI=1S/C16H16N2O2S/c1-2-15(19)17-12-7-6-8-13(11-12)18-16(20)21-14-9-4-3-5-10-14/h3-11H,2H2,1H3,(H,17,19)(H,18,20). The van der Waals surface area contributed by atoms with E-state index in [0.29, 0.717) is 17.8 Å². The van der Waals surface area contributed by atoms with Gasteiger partial charge >= 0.3 is 0 Å². The molecule has 0 bridgehead atoms. The van der Waals surface area contributed by atoms with Crippen LogP contribution in [0.25, 0.3) is 0 Å². The van der Waals surface area contributed by atoms with E-state index in [1.54, 1.807) is 31.2 Å². The van der Waals surface area contributed by atoms with Gasteiger partial charge in [-0.15, -0.1) is 0 Å². The molecule has 0 heterocycles.